The zero-order valence-corrected chi connectivity index (χ0v) is 18.2. The van der Waals surface area contributed by atoms with E-state index in [0.29, 0.717) is 29.1 Å². The summed E-state index contributed by atoms with van der Waals surface area (Å²) in [5, 5.41) is 10.6. The van der Waals surface area contributed by atoms with Crippen molar-refractivity contribution in [1.82, 2.24) is 0 Å². The molecule has 0 unspecified atom stereocenters. The third-order valence-corrected chi connectivity index (χ3v) is 8.86. The molecule has 1 fully saturated rings. The Bertz CT molecular complexity index is 1060. The molecule has 1 saturated heterocycles. The molecule has 2 aliphatic heterocycles. The number of fused-ring (bicyclic) bond motifs is 1. The molecule has 0 N–H and O–H groups in total. The molecule has 4 rings (SSSR count). The summed E-state index contributed by atoms with van der Waals surface area (Å²) in [5.41, 5.74) is -0.969. The molecule has 0 spiro atoms. The maximum Gasteiger partial charge on any atom is 0.266 e. The summed E-state index contributed by atoms with van der Waals surface area (Å²) in [6.07, 6.45) is 0.692. The molecule has 4 atom stereocenters. The van der Waals surface area contributed by atoms with Gasteiger partial charge >= 0.3 is 0 Å². The predicted molar refractivity (Wildman–Crippen MR) is 109 cm³/mol. The van der Waals surface area contributed by atoms with Gasteiger partial charge in [0.25, 0.3) is 6.04 Å². The summed E-state index contributed by atoms with van der Waals surface area (Å²) in [7, 11) is -2.38. The first-order chi connectivity index (χ1) is 13.9. The Morgan fingerprint density at radius 1 is 1.17 bits per heavy atom. The first kappa shape index (κ1) is 20.8. The second kappa shape index (κ2) is 6.54. The highest BCUT2D eigenvalue weighted by atomic mass is 32.2. The van der Waals surface area contributed by atoms with Crippen LogP contribution >= 0.6 is 0 Å². The Morgan fingerprint density at radius 2 is 1.80 bits per heavy atom. The van der Waals surface area contributed by atoms with Crippen molar-refractivity contribution in [3.05, 3.63) is 51.3 Å². The van der Waals surface area contributed by atoms with Gasteiger partial charge in [-0.1, -0.05) is 26.0 Å². The van der Waals surface area contributed by atoms with Gasteiger partial charge in [0, 0.05) is 29.3 Å². The standard InChI is InChI=1S/C21H25NO7S/c1-20(2)9-14(23)18-15(10-20)29-21(3)16(22(24)25)11-30(26,27)19(21)17(18)12-5-7-13(28-4)8-6-12/h5-8,16-17,19H,9-11H2,1-4H3/t16-,17+,19+,21+/m1/s1. The van der Waals surface area contributed by atoms with Crippen molar-refractivity contribution < 1.29 is 27.6 Å². The van der Waals surface area contributed by atoms with Crippen molar-refractivity contribution in [2.75, 3.05) is 12.9 Å². The third-order valence-electron chi connectivity index (χ3n) is 6.57. The molecule has 3 aliphatic rings. The van der Waals surface area contributed by atoms with Crippen LogP contribution in [0.25, 0.3) is 0 Å². The van der Waals surface area contributed by atoms with Gasteiger partial charge in [-0.15, -0.1) is 0 Å². The first-order valence-electron chi connectivity index (χ1n) is 9.84. The number of hydrogen-bond acceptors (Lipinski definition) is 7. The maximum absolute atomic E-state index is 13.2. The average Bonchev–Trinajstić information content (AvgIpc) is 2.85. The van der Waals surface area contributed by atoms with E-state index in [1.165, 1.54) is 14.0 Å². The minimum atomic E-state index is -3.90. The van der Waals surface area contributed by atoms with Gasteiger partial charge < -0.3 is 9.47 Å². The number of methoxy groups -OCH3 is 1. The molecule has 162 valence electrons. The van der Waals surface area contributed by atoms with E-state index >= 15 is 0 Å². The van der Waals surface area contributed by atoms with Gasteiger partial charge in [-0.2, -0.15) is 0 Å². The molecule has 0 bridgehead atoms. The number of hydrogen-bond donors (Lipinski definition) is 0. The maximum atomic E-state index is 13.2. The van der Waals surface area contributed by atoms with E-state index in [4.69, 9.17) is 9.47 Å². The van der Waals surface area contributed by atoms with E-state index in [0.717, 1.165) is 0 Å². The number of benzene rings is 1. The highest BCUT2D eigenvalue weighted by Gasteiger charge is 2.70. The van der Waals surface area contributed by atoms with Crippen molar-refractivity contribution in [3.63, 3.8) is 0 Å². The van der Waals surface area contributed by atoms with Crippen LogP contribution in [0.5, 0.6) is 5.75 Å². The van der Waals surface area contributed by atoms with E-state index in [9.17, 15) is 23.3 Å². The van der Waals surface area contributed by atoms with Gasteiger partial charge in [0.15, 0.2) is 21.2 Å². The van der Waals surface area contributed by atoms with Crippen LogP contribution in [0.2, 0.25) is 0 Å². The molecular weight excluding hydrogens is 410 g/mol. The summed E-state index contributed by atoms with van der Waals surface area (Å²) in [5.74, 6) is -0.602. The molecule has 0 saturated carbocycles. The minimum absolute atomic E-state index is 0.163. The van der Waals surface area contributed by atoms with E-state index in [-0.39, 0.29) is 17.6 Å². The Morgan fingerprint density at radius 3 is 2.37 bits per heavy atom. The second-order valence-corrected chi connectivity index (χ2v) is 11.5. The molecule has 1 aromatic rings. The fourth-order valence-corrected chi connectivity index (χ4v) is 7.98. The topological polar surface area (TPSA) is 113 Å². The van der Waals surface area contributed by atoms with Gasteiger partial charge in [0.2, 0.25) is 0 Å². The van der Waals surface area contributed by atoms with Gasteiger partial charge in [0.1, 0.15) is 22.5 Å². The highest BCUT2D eigenvalue weighted by molar-refractivity contribution is 7.92. The lowest BCUT2D eigenvalue weighted by Gasteiger charge is -2.46. The molecule has 30 heavy (non-hydrogen) atoms. The number of nitrogens with zero attached hydrogens (tertiary/aromatic N) is 1. The summed E-state index contributed by atoms with van der Waals surface area (Å²) in [4.78, 5) is 24.4. The summed E-state index contributed by atoms with van der Waals surface area (Å²) in [6.45, 7) is 5.37. The number of ether oxygens (including phenoxy) is 2. The average molecular weight is 435 g/mol. The molecule has 1 aromatic carbocycles. The minimum Gasteiger partial charge on any atom is -0.497 e. The third kappa shape index (κ3) is 3.02. The Labute approximate surface area is 175 Å². The highest BCUT2D eigenvalue weighted by Crippen LogP contribution is 2.55. The van der Waals surface area contributed by atoms with E-state index in [1.807, 2.05) is 13.8 Å². The number of rotatable bonds is 3. The Balaban J connectivity index is 1.97. The second-order valence-electron chi connectivity index (χ2n) is 9.37. The van der Waals surface area contributed by atoms with Crippen LogP contribution in [-0.4, -0.2) is 48.9 Å². The van der Waals surface area contributed by atoms with Crippen LogP contribution < -0.4 is 4.74 Å². The Kier molecular flexibility index (Phi) is 4.54. The fraction of sp³-hybridized carbons (Fsp3) is 0.571. The number of Topliss-reactive ketones (excluding diaryl/α,β-unsaturated/α-hetero) is 1. The molecule has 9 heteroatoms. The van der Waals surface area contributed by atoms with E-state index < -0.39 is 43.3 Å². The molecule has 2 heterocycles. The molecule has 0 radical (unpaired) electrons. The molecule has 0 amide bonds. The lowest BCUT2D eigenvalue weighted by molar-refractivity contribution is -0.537. The quantitative estimate of drug-likeness (QED) is 0.530. The molecular formula is C21H25NO7S. The van der Waals surface area contributed by atoms with Crippen LogP contribution in [0.15, 0.2) is 35.6 Å². The van der Waals surface area contributed by atoms with Gasteiger partial charge in [0.05, 0.1) is 7.11 Å². The molecule has 1 aliphatic carbocycles. The lowest BCUT2D eigenvalue weighted by atomic mass is 9.68. The van der Waals surface area contributed by atoms with Gasteiger partial charge in [-0.25, -0.2) is 8.42 Å². The summed E-state index contributed by atoms with van der Waals surface area (Å²) >= 11 is 0. The Hall–Kier alpha value is -2.42. The number of sulfone groups is 1. The predicted octanol–water partition coefficient (Wildman–Crippen LogP) is 2.65. The van der Waals surface area contributed by atoms with Crippen LogP contribution in [0.1, 0.15) is 45.1 Å². The summed E-state index contributed by atoms with van der Waals surface area (Å²) < 4.78 is 37.7. The van der Waals surface area contributed by atoms with E-state index in [2.05, 4.69) is 0 Å². The van der Waals surface area contributed by atoms with Crippen LogP contribution in [-0.2, 0) is 19.4 Å². The van der Waals surface area contributed by atoms with Crippen molar-refractivity contribution in [1.29, 1.82) is 0 Å². The first-order valence-corrected chi connectivity index (χ1v) is 11.6. The number of allylic oxidation sites excluding steroid dienone is 2. The van der Waals surface area contributed by atoms with Crippen LogP contribution in [0.3, 0.4) is 0 Å². The normalized spacial score (nSPS) is 34.0. The van der Waals surface area contributed by atoms with E-state index in [1.54, 1.807) is 24.3 Å². The van der Waals surface area contributed by atoms with Gasteiger partial charge in [-0.3, -0.25) is 14.9 Å². The zero-order valence-electron chi connectivity index (χ0n) is 17.4. The number of carbonyl (C=O) groups is 1. The number of carbonyl (C=O) groups excluding carboxylic acids is 1. The summed E-state index contributed by atoms with van der Waals surface area (Å²) in [6, 6.07) is 5.45. The van der Waals surface area contributed by atoms with Crippen LogP contribution in [0, 0.1) is 15.5 Å². The monoisotopic (exact) mass is 435 g/mol. The molecule has 0 aromatic heterocycles. The van der Waals surface area contributed by atoms with Crippen molar-refractivity contribution in [3.8, 4) is 5.75 Å². The van der Waals surface area contributed by atoms with Crippen molar-refractivity contribution in [2.45, 2.75) is 56.4 Å². The SMILES string of the molecule is COc1ccc([C@H]2C3=C(CC(C)(C)CC3=O)O[C@@]3(C)[C@H]([N+](=O)[O-])CS(=O)(=O)[C@@H]23)cc1. The zero-order chi connectivity index (χ0) is 22.1. The van der Waals surface area contributed by atoms with Crippen molar-refractivity contribution >= 4 is 15.6 Å². The number of nitro groups is 1. The largest absolute Gasteiger partial charge is 0.497 e. The van der Waals surface area contributed by atoms with Crippen molar-refractivity contribution in [2.24, 2.45) is 5.41 Å². The smallest absolute Gasteiger partial charge is 0.266 e. The fourth-order valence-electron chi connectivity index (χ4n) is 5.26. The number of ketones is 1. The van der Waals surface area contributed by atoms with Gasteiger partial charge in [-0.05, 0) is 30.0 Å². The lowest BCUT2D eigenvalue weighted by Crippen LogP contribution is -2.56. The van der Waals surface area contributed by atoms with Crippen LogP contribution in [0.4, 0.5) is 0 Å². The molecule has 8 nitrogen and oxygen atoms in total.